The maximum absolute atomic E-state index is 13.4. The molecule has 0 bridgehead atoms. The Kier molecular flexibility index (Phi) is 10.3. The van der Waals surface area contributed by atoms with Crippen LogP contribution in [0.3, 0.4) is 0 Å². The van der Waals surface area contributed by atoms with E-state index in [9.17, 15) is 9.59 Å². The van der Waals surface area contributed by atoms with Crippen molar-refractivity contribution in [2.45, 2.75) is 77.4 Å². The molecular formula is C27H33BrCl2N2O3. The number of nitrogens with zero attached hydrogens (tertiary/aromatic N) is 1. The lowest BCUT2D eigenvalue weighted by molar-refractivity contribution is -0.143. The van der Waals surface area contributed by atoms with Crippen LogP contribution in [0.2, 0.25) is 10.0 Å². The van der Waals surface area contributed by atoms with Crippen LogP contribution in [-0.2, 0) is 16.1 Å². The zero-order valence-electron chi connectivity index (χ0n) is 20.5. The molecule has 0 saturated heterocycles. The van der Waals surface area contributed by atoms with Crippen LogP contribution >= 0.6 is 39.1 Å². The molecule has 1 atom stereocenters. The van der Waals surface area contributed by atoms with Crippen LogP contribution in [0.5, 0.6) is 5.75 Å². The smallest absolute Gasteiger partial charge is 0.261 e. The normalized spacial score (nSPS) is 14.7. The Morgan fingerprint density at radius 2 is 1.83 bits per heavy atom. The number of rotatable bonds is 10. The predicted molar refractivity (Wildman–Crippen MR) is 145 cm³/mol. The molecule has 0 radical (unpaired) electrons. The van der Waals surface area contributed by atoms with E-state index in [1.54, 1.807) is 17.0 Å². The Bertz CT molecular complexity index is 1040. The van der Waals surface area contributed by atoms with Crippen molar-refractivity contribution in [3.63, 3.8) is 0 Å². The van der Waals surface area contributed by atoms with Gasteiger partial charge >= 0.3 is 0 Å². The average Bonchev–Trinajstić information content (AvgIpc) is 3.33. The van der Waals surface area contributed by atoms with Crippen LogP contribution in [0.4, 0.5) is 0 Å². The number of carbonyl (C=O) groups excluding carboxylic acids is 2. The summed E-state index contributed by atoms with van der Waals surface area (Å²) in [6.45, 7) is 6.19. The first-order chi connectivity index (χ1) is 16.7. The monoisotopic (exact) mass is 582 g/mol. The summed E-state index contributed by atoms with van der Waals surface area (Å²) in [4.78, 5) is 28.2. The molecule has 1 aliphatic carbocycles. The topological polar surface area (TPSA) is 58.6 Å². The molecule has 1 aliphatic rings. The number of amides is 2. The molecule has 35 heavy (non-hydrogen) atoms. The highest BCUT2D eigenvalue weighted by atomic mass is 79.9. The Hall–Kier alpha value is -1.76. The van der Waals surface area contributed by atoms with Gasteiger partial charge in [0.2, 0.25) is 5.91 Å². The maximum atomic E-state index is 13.4. The van der Waals surface area contributed by atoms with Gasteiger partial charge in [0.15, 0.2) is 6.61 Å². The summed E-state index contributed by atoms with van der Waals surface area (Å²) in [5.41, 5.74) is 1.97. The summed E-state index contributed by atoms with van der Waals surface area (Å²) in [5.74, 6) is 0.563. The molecule has 0 aromatic heterocycles. The fraction of sp³-hybridized carbons (Fsp3) is 0.481. The van der Waals surface area contributed by atoms with Gasteiger partial charge in [-0.2, -0.15) is 0 Å². The third kappa shape index (κ3) is 7.61. The van der Waals surface area contributed by atoms with Gasteiger partial charge in [0.1, 0.15) is 11.8 Å². The van der Waals surface area contributed by atoms with Crippen molar-refractivity contribution < 1.29 is 14.3 Å². The van der Waals surface area contributed by atoms with E-state index in [1.165, 1.54) is 5.56 Å². The van der Waals surface area contributed by atoms with Gasteiger partial charge in [-0.25, -0.2) is 0 Å². The predicted octanol–water partition coefficient (Wildman–Crippen LogP) is 7.12. The molecule has 5 nitrogen and oxygen atoms in total. The number of hydrogen-bond donors (Lipinski definition) is 1. The largest absolute Gasteiger partial charge is 0.483 e. The Balaban J connectivity index is 1.79. The molecule has 0 spiro atoms. The highest BCUT2D eigenvalue weighted by molar-refractivity contribution is 9.10. The van der Waals surface area contributed by atoms with Crippen molar-refractivity contribution in [2.24, 2.45) is 0 Å². The summed E-state index contributed by atoms with van der Waals surface area (Å²) < 4.78 is 6.68. The lowest BCUT2D eigenvalue weighted by Crippen LogP contribution is -2.52. The highest BCUT2D eigenvalue weighted by Gasteiger charge is 2.31. The molecule has 190 valence electrons. The molecule has 1 fully saturated rings. The van der Waals surface area contributed by atoms with Crippen LogP contribution in [0, 0.1) is 0 Å². The summed E-state index contributed by atoms with van der Waals surface area (Å²) in [6.07, 6.45) is 4.68. The molecule has 3 rings (SSSR count). The number of hydrogen-bond acceptors (Lipinski definition) is 3. The first-order valence-corrected chi connectivity index (χ1v) is 13.7. The van der Waals surface area contributed by atoms with Crippen LogP contribution in [0.25, 0.3) is 0 Å². The number of carbonyl (C=O) groups is 2. The number of ether oxygens (including phenoxy) is 1. The quantitative estimate of drug-likeness (QED) is 0.324. The van der Waals surface area contributed by atoms with Crippen LogP contribution in [-0.4, -0.2) is 35.4 Å². The van der Waals surface area contributed by atoms with E-state index in [1.807, 2.05) is 31.2 Å². The standard InChI is InChI=1S/C27H33BrCl2N2O3/c1-4-24(27(34)31-20-7-5-6-8-20)32(15-18-9-11-22(29)23(30)13-18)26(33)16-35-25-12-10-19(17(2)3)14-21(25)28/h9-14,17,20,24H,4-8,15-16H2,1-3H3,(H,31,34). The Morgan fingerprint density at radius 3 is 2.43 bits per heavy atom. The fourth-order valence-corrected chi connectivity index (χ4v) is 5.17. The zero-order chi connectivity index (χ0) is 25.5. The lowest BCUT2D eigenvalue weighted by Gasteiger charge is -2.31. The second-order valence-electron chi connectivity index (χ2n) is 9.32. The highest BCUT2D eigenvalue weighted by Crippen LogP contribution is 2.29. The Labute approximate surface area is 226 Å². The van der Waals surface area contributed by atoms with Crippen LogP contribution in [0.15, 0.2) is 40.9 Å². The summed E-state index contributed by atoms with van der Waals surface area (Å²) in [6, 6.07) is 10.7. The van der Waals surface area contributed by atoms with E-state index in [2.05, 4.69) is 35.1 Å². The summed E-state index contributed by atoms with van der Waals surface area (Å²) >= 11 is 15.8. The molecule has 1 unspecified atom stereocenters. The van der Waals surface area contributed by atoms with Gasteiger partial charge in [0.05, 0.1) is 14.5 Å². The van der Waals surface area contributed by atoms with E-state index in [-0.39, 0.29) is 31.0 Å². The number of halogens is 3. The van der Waals surface area contributed by atoms with E-state index in [0.717, 1.165) is 35.7 Å². The lowest BCUT2D eigenvalue weighted by atomic mass is 10.0. The van der Waals surface area contributed by atoms with E-state index < -0.39 is 6.04 Å². The van der Waals surface area contributed by atoms with Gasteiger partial charge < -0.3 is 15.0 Å². The molecule has 1 saturated carbocycles. The summed E-state index contributed by atoms with van der Waals surface area (Å²) in [7, 11) is 0. The molecular weight excluding hydrogens is 551 g/mol. The molecule has 0 aliphatic heterocycles. The molecule has 1 N–H and O–H groups in total. The van der Waals surface area contributed by atoms with Gasteiger partial charge in [-0.3, -0.25) is 9.59 Å². The number of nitrogens with one attached hydrogen (secondary N) is 1. The maximum Gasteiger partial charge on any atom is 0.261 e. The molecule has 2 aromatic rings. The minimum atomic E-state index is -0.618. The van der Waals surface area contributed by atoms with E-state index >= 15 is 0 Å². The van der Waals surface area contributed by atoms with E-state index in [4.69, 9.17) is 27.9 Å². The van der Waals surface area contributed by atoms with Gasteiger partial charge in [-0.1, -0.05) is 68.9 Å². The molecule has 0 heterocycles. The minimum Gasteiger partial charge on any atom is -0.483 e. The van der Waals surface area contributed by atoms with Crippen molar-refractivity contribution in [3.05, 3.63) is 62.0 Å². The SMILES string of the molecule is CCC(C(=O)NC1CCCC1)N(Cc1ccc(Cl)c(Cl)c1)C(=O)COc1ccc(C(C)C)cc1Br. The fourth-order valence-electron chi connectivity index (χ4n) is 4.34. The number of benzene rings is 2. The third-order valence-corrected chi connectivity index (χ3v) is 7.76. The second-order valence-corrected chi connectivity index (χ2v) is 11.0. The summed E-state index contributed by atoms with van der Waals surface area (Å²) in [5, 5.41) is 3.99. The first-order valence-electron chi connectivity index (χ1n) is 12.2. The van der Waals surface area contributed by atoms with Gasteiger partial charge in [0.25, 0.3) is 5.91 Å². The first kappa shape index (κ1) is 27.8. The van der Waals surface area contributed by atoms with Gasteiger partial charge in [-0.15, -0.1) is 0 Å². The van der Waals surface area contributed by atoms with Crippen LogP contribution < -0.4 is 10.1 Å². The third-order valence-electron chi connectivity index (χ3n) is 6.40. The van der Waals surface area contributed by atoms with Crippen molar-refractivity contribution in [3.8, 4) is 5.75 Å². The minimum absolute atomic E-state index is 0.129. The van der Waals surface area contributed by atoms with Crippen molar-refractivity contribution in [1.82, 2.24) is 10.2 Å². The van der Waals surface area contributed by atoms with Crippen molar-refractivity contribution >= 4 is 50.9 Å². The van der Waals surface area contributed by atoms with Gasteiger partial charge in [-0.05, 0) is 76.5 Å². The van der Waals surface area contributed by atoms with E-state index in [0.29, 0.717) is 28.1 Å². The molecule has 2 amide bonds. The Morgan fingerprint density at radius 1 is 1.11 bits per heavy atom. The van der Waals surface area contributed by atoms with Gasteiger partial charge in [0, 0.05) is 12.6 Å². The zero-order valence-corrected chi connectivity index (χ0v) is 23.5. The van der Waals surface area contributed by atoms with Crippen molar-refractivity contribution in [2.75, 3.05) is 6.61 Å². The molecule has 2 aromatic carbocycles. The second kappa shape index (κ2) is 13.0. The average molecular weight is 584 g/mol. The van der Waals surface area contributed by atoms with Crippen LogP contribution in [0.1, 0.15) is 69.9 Å². The van der Waals surface area contributed by atoms with Crippen molar-refractivity contribution in [1.29, 1.82) is 0 Å². The molecule has 8 heteroatoms.